The number of benzene rings is 2. The molecule has 0 aliphatic rings. The number of fused-ring (bicyclic) bond motifs is 1. The van der Waals surface area contributed by atoms with Gasteiger partial charge in [-0.15, -0.1) is 11.8 Å². The first-order chi connectivity index (χ1) is 20.8. The Kier molecular flexibility index (Phi) is 8.74. The van der Waals surface area contributed by atoms with Crippen molar-refractivity contribution in [2.45, 2.75) is 55.5 Å². The Morgan fingerprint density at radius 1 is 1.00 bits per heavy atom. The number of halogens is 3. The average Bonchev–Trinajstić information content (AvgIpc) is 3.24. The van der Waals surface area contributed by atoms with Crippen molar-refractivity contribution in [1.82, 2.24) is 14.5 Å². The molecule has 0 spiro atoms. The van der Waals surface area contributed by atoms with Crippen LogP contribution >= 0.6 is 11.8 Å². The molecule has 2 aromatic carbocycles. The maximum Gasteiger partial charge on any atom is 0.417 e. The standard InChI is InChI=1S/C34H32F3N3O3S/c1-33(2,3)44-31-26-18-25(43-20-24-7-5-6-16-38-24)13-15-29(26)40(4)30(31)27(32(41)42)17-21-8-10-22(11-9-21)28-14-12-23(19-39-28)34(35,36)37/h5-16,18-19,27H,17,20H2,1-4H3,(H,41,42). The number of hydrogen-bond donors (Lipinski definition) is 1. The van der Waals surface area contributed by atoms with E-state index in [1.807, 2.05) is 48.0 Å². The van der Waals surface area contributed by atoms with Crippen LogP contribution in [-0.2, 0) is 31.0 Å². The van der Waals surface area contributed by atoms with Crippen LogP contribution in [0.15, 0.2) is 90.1 Å². The van der Waals surface area contributed by atoms with E-state index < -0.39 is 23.6 Å². The van der Waals surface area contributed by atoms with Gasteiger partial charge in [-0.25, -0.2) is 0 Å². The fourth-order valence-electron chi connectivity index (χ4n) is 5.03. The summed E-state index contributed by atoms with van der Waals surface area (Å²) < 4.78 is 46.6. The molecule has 1 unspecified atom stereocenters. The number of carboxylic acids is 1. The molecule has 0 amide bonds. The number of thioether (sulfide) groups is 1. The Morgan fingerprint density at radius 2 is 1.75 bits per heavy atom. The maximum atomic E-state index is 12.9. The lowest BCUT2D eigenvalue weighted by molar-refractivity contribution is -0.139. The molecule has 44 heavy (non-hydrogen) atoms. The summed E-state index contributed by atoms with van der Waals surface area (Å²) in [6.45, 7) is 6.58. The zero-order chi connectivity index (χ0) is 31.6. The van der Waals surface area contributed by atoms with Crippen LogP contribution in [0, 0.1) is 0 Å². The molecule has 0 fully saturated rings. The van der Waals surface area contributed by atoms with Crippen LogP contribution in [0.5, 0.6) is 5.75 Å². The highest BCUT2D eigenvalue weighted by molar-refractivity contribution is 8.00. The minimum atomic E-state index is -4.46. The number of aromatic nitrogens is 3. The quantitative estimate of drug-likeness (QED) is 0.167. The van der Waals surface area contributed by atoms with Crippen molar-refractivity contribution in [3.63, 3.8) is 0 Å². The third-order valence-corrected chi connectivity index (χ3v) is 8.34. The van der Waals surface area contributed by atoms with Gasteiger partial charge in [0, 0.05) is 51.2 Å². The van der Waals surface area contributed by atoms with Crippen LogP contribution in [-0.4, -0.2) is 30.4 Å². The summed E-state index contributed by atoms with van der Waals surface area (Å²) in [7, 11) is 1.88. The van der Waals surface area contributed by atoms with Gasteiger partial charge in [0.05, 0.1) is 17.0 Å². The van der Waals surface area contributed by atoms with Gasteiger partial charge in [0.25, 0.3) is 0 Å². The molecule has 10 heteroatoms. The lowest BCUT2D eigenvalue weighted by Crippen LogP contribution is -2.19. The smallest absolute Gasteiger partial charge is 0.417 e. The molecular formula is C34H32F3N3O3S. The second-order valence-corrected chi connectivity index (χ2v) is 13.3. The number of rotatable bonds is 9. The fourth-order valence-corrected chi connectivity index (χ4v) is 6.30. The predicted octanol–water partition coefficient (Wildman–Crippen LogP) is 8.53. The summed E-state index contributed by atoms with van der Waals surface area (Å²) in [5.74, 6) is -1.15. The van der Waals surface area contributed by atoms with Crippen molar-refractivity contribution >= 4 is 28.6 Å². The van der Waals surface area contributed by atoms with E-state index in [2.05, 4.69) is 30.7 Å². The number of hydrogen-bond acceptors (Lipinski definition) is 5. The Labute approximate surface area is 257 Å². The highest BCUT2D eigenvalue weighted by Gasteiger charge is 2.32. The molecule has 5 rings (SSSR count). The third kappa shape index (κ3) is 7.07. The minimum absolute atomic E-state index is 0.201. The van der Waals surface area contributed by atoms with Gasteiger partial charge in [-0.3, -0.25) is 14.8 Å². The van der Waals surface area contributed by atoms with Crippen molar-refractivity contribution in [2.24, 2.45) is 7.05 Å². The molecule has 1 atom stereocenters. The molecule has 0 saturated heterocycles. The van der Waals surface area contributed by atoms with Gasteiger partial charge < -0.3 is 14.4 Å². The van der Waals surface area contributed by atoms with E-state index in [1.165, 1.54) is 6.07 Å². The van der Waals surface area contributed by atoms with E-state index in [9.17, 15) is 23.1 Å². The zero-order valence-electron chi connectivity index (χ0n) is 24.7. The van der Waals surface area contributed by atoms with Crippen LogP contribution in [0.25, 0.3) is 22.2 Å². The SMILES string of the molecule is Cn1c(C(Cc2ccc(-c3ccc(C(F)(F)F)cn3)cc2)C(=O)O)c(SC(C)(C)C)c2cc(OCc3ccccn3)ccc21. The molecule has 0 bridgehead atoms. The zero-order valence-corrected chi connectivity index (χ0v) is 25.5. The Morgan fingerprint density at radius 3 is 2.34 bits per heavy atom. The molecule has 0 aliphatic carbocycles. The van der Waals surface area contributed by atoms with Gasteiger partial charge in [0.15, 0.2) is 0 Å². The van der Waals surface area contributed by atoms with Crippen molar-refractivity contribution in [2.75, 3.05) is 0 Å². The van der Waals surface area contributed by atoms with E-state index in [4.69, 9.17) is 4.74 Å². The molecule has 5 aromatic rings. The Bertz CT molecular complexity index is 1760. The molecule has 1 N–H and O–H groups in total. The van der Waals surface area contributed by atoms with Gasteiger partial charge in [0.1, 0.15) is 18.3 Å². The van der Waals surface area contributed by atoms with Crippen molar-refractivity contribution in [3.8, 4) is 17.0 Å². The predicted molar refractivity (Wildman–Crippen MR) is 166 cm³/mol. The second kappa shape index (κ2) is 12.4. The largest absolute Gasteiger partial charge is 0.487 e. The van der Waals surface area contributed by atoms with E-state index in [0.717, 1.165) is 39.3 Å². The molecular weight excluding hydrogens is 587 g/mol. The first-order valence-electron chi connectivity index (χ1n) is 14.0. The lowest BCUT2D eigenvalue weighted by atomic mass is 9.95. The molecule has 0 saturated carbocycles. The summed E-state index contributed by atoms with van der Waals surface area (Å²) in [6, 6.07) is 20.9. The van der Waals surface area contributed by atoms with Crippen LogP contribution in [0.3, 0.4) is 0 Å². The number of carboxylic acid groups (broad SMARTS) is 1. The fraction of sp³-hybridized carbons (Fsp3) is 0.265. The number of nitrogens with zero attached hydrogens (tertiary/aromatic N) is 3. The second-order valence-electron chi connectivity index (χ2n) is 11.5. The minimum Gasteiger partial charge on any atom is -0.487 e. The first kappa shape index (κ1) is 31.1. The summed E-state index contributed by atoms with van der Waals surface area (Å²) in [5.41, 5.74) is 3.41. The van der Waals surface area contributed by atoms with E-state index in [0.29, 0.717) is 29.3 Å². The van der Waals surface area contributed by atoms with Crippen LogP contribution in [0.1, 0.15) is 49.2 Å². The summed E-state index contributed by atoms with van der Waals surface area (Å²) >= 11 is 1.62. The molecule has 0 aliphatic heterocycles. The number of alkyl halides is 3. The lowest BCUT2D eigenvalue weighted by Gasteiger charge is -2.22. The summed E-state index contributed by atoms with van der Waals surface area (Å²) in [6.07, 6.45) is -1.70. The van der Waals surface area contributed by atoms with Crippen LogP contribution in [0.2, 0.25) is 0 Å². The molecule has 3 aromatic heterocycles. The van der Waals surface area contributed by atoms with Gasteiger partial charge in [-0.2, -0.15) is 13.2 Å². The Balaban J connectivity index is 1.47. The monoisotopic (exact) mass is 619 g/mol. The highest BCUT2D eigenvalue weighted by atomic mass is 32.2. The van der Waals surface area contributed by atoms with Crippen molar-refractivity contribution in [3.05, 3.63) is 108 Å². The summed E-state index contributed by atoms with van der Waals surface area (Å²) in [4.78, 5) is 22.0. The van der Waals surface area contributed by atoms with Gasteiger partial charge in [-0.05, 0) is 54.4 Å². The number of aliphatic carboxylic acids is 1. The van der Waals surface area contributed by atoms with Crippen LogP contribution < -0.4 is 4.74 Å². The van der Waals surface area contributed by atoms with Gasteiger partial charge in [-0.1, -0.05) is 51.1 Å². The molecule has 3 heterocycles. The molecule has 228 valence electrons. The number of aryl methyl sites for hydroxylation is 1. The Hall–Kier alpha value is -4.31. The van der Waals surface area contributed by atoms with Crippen molar-refractivity contribution in [1.29, 1.82) is 0 Å². The van der Waals surface area contributed by atoms with Gasteiger partial charge >= 0.3 is 12.1 Å². The van der Waals surface area contributed by atoms with Crippen LogP contribution in [0.4, 0.5) is 13.2 Å². The van der Waals surface area contributed by atoms with Gasteiger partial charge in [0.2, 0.25) is 0 Å². The highest BCUT2D eigenvalue weighted by Crippen LogP contribution is 2.45. The summed E-state index contributed by atoms with van der Waals surface area (Å²) in [5, 5.41) is 11.4. The van der Waals surface area contributed by atoms with E-state index in [-0.39, 0.29) is 11.2 Å². The third-order valence-electron chi connectivity index (χ3n) is 7.10. The van der Waals surface area contributed by atoms with E-state index in [1.54, 1.807) is 42.2 Å². The molecule has 0 radical (unpaired) electrons. The number of ether oxygens (including phenoxy) is 1. The van der Waals surface area contributed by atoms with E-state index >= 15 is 0 Å². The normalized spacial score (nSPS) is 12.8. The molecule has 6 nitrogen and oxygen atoms in total. The number of carbonyl (C=O) groups is 1. The average molecular weight is 620 g/mol. The topological polar surface area (TPSA) is 77.2 Å². The van der Waals surface area contributed by atoms with Crippen molar-refractivity contribution < 1.29 is 27.8 Å². The number of pyridine rings is 2. The first-order valence-corrected chi connectivity index (χ1v) is 14.8. The maximum absolute atomic E-state index is 12.9.